The van der Waals surface area contributed by atoms with E-state index in [1.54, 1.807) is 6.92 Å². The van der Waals surface area contributed by atoms with Gasteiger partial charge in [-0.3, -0.25) is 4.79 Å². The molecule has 4 heteroatoms. The molecular formula is C6H14N2O2. The normalized spacial score (nSPS) is 12.7. The summed E-state index contributed by atoms with van der Waals surface area (Å²) < 4.78 is 4.47. The average Bonchev–Trinajstić information content (AvgIpc) is 1.98. The summed E-state index contributed by atoms with van der Waals surface area (Å²) in [4.78, 5) is 10.7. The van der Waals surface area contributed by atoms with Crippen molar-refractivity contribution in [1.82, 2.24) is 5.32 Å². The molecule has 0 bridgehead atoms. The number of hydrogen-bond acceptors (Lipinski definition) is 4. The van der Waals surface area contributed by atoms with Gasteiger partial charge < -0.3 is 15.8 Å². The van der Waals surface area contributed by atoms with E-state index in [0.29, 0.717) is 13.1 Å². The molecule has 0 aromatic heterocycles. The molecule has 0 radical (unpaired) electrons. The zero-order chi connectivity index (χ0) is 7.98. The smallest absolute Gasteiger partial charge is 0.322 e. The summed E-state index contributed by atoms with van der Waals surface area (Å²) in [5.41, 5.74) is 5.20. The first-order chi connectivity index (χ1) is 4.72. The molecule has 0 amide bonds. The van der Waals surface area contributed by atoms with Crippen LogP contribution in [0.4, 0.5) is 0 Å². The third-order valence-electron chi connectivity index (χ3n) is 1.15. The highest BCUT2D eigenvalue weighted by atomic mass is 16.5. The number of carbonyl (C=O) groups is 1. The van der Waals surface area contributed by atoms with Gasteiger partial charge in [0.05, 0.1) is 7.11 Å². The van der Waals surface area contributed by atoms with Crippen molar-refractivity contribution < 1.29 is 9.53 Å². The van der Waals surface area contributed by atoms with E-state index >= 15 is 0 Å². The molecule has 0 saturated carbocycles. The lowest BCUT2D eigenvalue weighted by Crippen LogP contribution is -2.37. The summed E-state index contributed by atoms with van der Waals surface area (Å²) in [6.07, 6.45) is 0. The molecule has 0 aromatic rings. The van der Waals surface area contributed by atoms with Crippen molar-refractivity contribution >= 4 is 5.97 Å². The van der Waals surface area contributed by atoms with Gasteiger partial charge in [0, 0.05) is 13.1 Å². The summed E-state index contributed by atoms with van der Waals surface area (Å²) in [7, 11) is 1.36. The van der Waals surface area contributed by atoms with Crippen molar-refractivity contribution in [1.29, 1.82) is 0 Å². The minimum atomic E-state index is -0.256. The van der Waals surface area contributed by atoms with Gasteiger partial charge >= 0.3 is 5.97 Å². The van der Waals surface area contributed by atoms with Gasteiger partial charge in [0.1, 0.15) is 6.04 Å². The Kier molecular flexibility index (Phi) is 4.88. The second-order valence-corrected chi connectivity index (χ2v) is 1.99. The molecule has 0 rings (SSSR count). The Balaban J connectivity index is 3.41. The van der Waals surface area contributed by atoms with Gasteiger partial charge in [-0.2, -0.15) is 0 Å². The summed E-state index contributed by atoms with van der Waals surface area (Å²) in [5, 5.41) is 2.88. The fourth-order valence-electron chi connectivity index (χ4n) is 0.560. The van der Waals surface area contributed by atoms with E-state index in [-0.39, 0.29) is 12.0 Å². The Hall–Kier alpha value is -0.610. The molecule has 1 unspecified atom stereocenters. The molecule has 1 atom stereocenters. The van der Waals surface area contributed by atoms with Crippen molar-refractivity contribution in [2.75, 3.05) is 20.2 Å². The SMILES string of the molecule is COC(=O)C(C)NCCN. The van der Waals surface area contributed by atoms with Crippen LogP contribution in [0.1, 0.15) is 6.92 Å². The third-order valence-corrected chi connectivity index (χ3v) is 1.15. The van der Waals surface area contributed by atoms with Crippen molar-refractivity contribution in [3.63, 3.8) is 0 Å². The highest BCUT2D eigenvalue weighted by Gasteiger charge is 2.09. The number of rotatable bonds is 4. The topological polar surface area (TPSA) is 64.3 Å². The molecule has 0 saturated heterocycles. The van der Waals surface area contributed by atoms with Crippen molar-refractivity contribution in [2.24, 2.45) is 5.73 Å². The number of esters is 1. The number of nitrogens with one attached hydrogen (secondary N) is 1. The van der Waals surface area contributed by atoms with Crippen LogP contribution in [0, 0.1) is 0 Å². The first-order valence-electron chi connectivity index (χ1n) is 3.23. The molecule has 0 spiro atoms. The highest BCUT2D eigenvalue weighted by Crippen LogP contribution is 1.83. The van der Waals surface area contributed by atoms with Gasteiger partial charge in [0.25, 0.3) is 0 Å². The number of methoxy groups -OCH3 is 1. The standard InChI is InChI=1S/C6H14N2O2/c1-5(6(9)10-2)8-4-3-7/h5,8H,3-4,7H2,1-2H3. The zero-order valence-corrected chi connectivity index (χ0v) is 6.39. The van der Waals surface area contributed by atoms with E-state index < -0.39 is 0 Å². The molecule has 0 aromatic carbocycles. The van der Waals surface area contributed by atoms with Gasteiger partial charge in [0.15, 0.2) is 0 Å². The second kappa shape index (κ2) is 5.20. The van der Waals surface area contributed by atoms with Crippen molar-refractivity contribution in [3.05, 3.63) is 0 Å². The lowest BCUT2D eigenvalue weighted by atomic mass is 10.3. The minimum Gasteiger partial charge on any atom is -0.468 e. The molecule has 0 aliphatic carbocycles. The van der Waals surface area contributed by atoms with Crippen LogP contribution in [-0.4, -0.2) is 32.2 Å². The Morgan fingerprint density at radius 2 is 2.40 bits per heavy atom. The third kappa shape index (κ3) is 3.42. The van der Waals surface area contributed by atoms with Crippen LogP contribution < -0.4 is 11.1 Å². The molecule has 0 heterocycles. The Bertz CT molecular complexity index is 106. The first-order valence-corrected chi connectivity index (χ1v) is 3.23. The lowest BCUT2D eigenvalue weighted by molar-refractivity contribution is -0.142. The molecule has 4 nitrogen and oxygen atoms in total. The Labute approximate surface area is 60.7 Å². The number of hydrogen-bond donors (Lipinski definition) is 2. The van der Waals surface area contributed by atoms with E-state index in [9.17, 15) is 4.79 Å². The van der Waals surface area contributed by atoms with Gasteiger partial charge in [-0.25, -0.2) is 0 Å². The predicted octanol–water partition coefficient (Wildman–Crippen LogP) is -0.904. The van der Waals surface area contributed by atoms with Crippen LogP contribution >= 0.6 is 0 Å². The second-order valence-electron chi connectivity index (χ2n) is 1.99. The van der Waals surface area contributed by atoms with E-state index in [1.165, 1.54) is 7.11 Å². The van der Waals surface area contributed by atoms with Crippen molar-refractivity contribution in [2.45, 2.75) is 13.0 Å². The van der Waals surface area contributed by atoms with Crippen LogP contribution in [0.25, 0.3) is 0 Å². The quantitative estimate of drug-likeness (QED) is 0.504. The first kappa shape index (κ1) is 9.39. The minimum absolute atomic E-state index is 0.256. The van der Waals surface area contributed by atoms with E-state index in [0.717, 1.165) is 0 Å². The number of carbonyl (C=O) groups excluding carboxylic acids is 1. The van der Waals surface area contributed by atoms with Crippen molar-refractivity contribution in [3.8, 4) is 0 Å². The van der Waals surface area contributed by atoms with E-state index in [1.807, 2.05) is 0 Å². The largest absolute Gasteiger partial charge is 0.468 e. The lowest BCUT2D eigenvalue weighted by Gasteiger charge is -2.09. The summed E-state index contributed by atoms with van der Waals surface area (Å²) >= 11 is 0. The zero-order valence-electron chi connectivity index (χ0n) is 6.39. The highest BCUT2D eigenvalue weighted by molar-refractivity contribution is 5.74. The van der Waals surface area contributed by atoms with Crippen LogP contribution in [0.15, 0.2) is 0 Å². The maximum atomic E-state index is 10.7. The Morgan fingerprint density at radius 3 is 2.80 bits per heavy atom. The molecule has 3 N–H and O–H groups in total. The molecule has 60 valence electrons. The molecule has 0 fully saturated rings. The monoisotopic (exact) mass is 146 g/mol. The van der Waals surface area contributed by atoms with Gasteiger partial charge in [-0.1, -0.05) is 0 Å². The van der Waals surface area contributed by atoms with Crippen LogP contribution in [0.2, 0.25) is 0 Å². The van der Waals surface area contributed by atoms with Gasteiger partial charge in [-0.15, -0.1) is 0 Å². The maximum absolute atomic E-state index is 10.7. The molecule has 0 aliphatic rings. The number of nitrogens with two attached hydrogens (primary N) is 1. The predicted molar refractivity (Wildman–Crippen MR) is 38.5 cm³/mol. The summed E-state index contributed by atoms with van der Waals surface area (Å²) in [6, 6.07) is -0.256. The fraction of sp³-hybridized carbons (Fsp3) is 0.833. The van der Waals surface area contributed by atoms with Crippen LogP contribution in [0.3, 0.4) is 0 Å². The van der Waals surface area contributed by atoms with Crippen LogP contribution in [0.5, 0.6) is 0 Å². The molecule has 10 heavy (non-hydrogen) atoms. The van der Waals surface area contributed by atoms with Crippen LogP contribution in [-0.2, 0) is 9.53 Å². The summed E-state index contributed by atoms with van der Waals surface area (Å²) in [6.45, 7) is 2.90. The van der Waals surface area contributed by atoms with Gasteiger partial charge in [-0.05, 0) is 6.92 Å². The van der Waals surface area contributed by atoms with Gasteiger partial charge in [0.2, 0.25) is 0 Å². The molecule has 0 aliphatic heterocycles. The average molecular weight is 146 g/mol. The summed E-state index contributed by atoms with van der Waals surface area (Å²) in [5.74, 6) is -0.256. The number of ether oxygens (including phenoxy) is 1. The Morgan fingerprint density at radius 1 is 1.80 bits per heavy atom. The van der Waals surface area contributed by atoms with E-state index in [4.69, 9.17) is 5.73 Å². The fourth-order valence-corrected chi connectivity index (χ4v) is 0.560. The molecular weight excluding hydrogens is 132 g/mol. The van der Waals surface area contributed by atoms with E-state index in [2.05, 4.69) is 10.1 Å². The maximum Gasteiger partial charge on any atom is 0.322 e.